The predicted octanol–water partition coefficient (Wildman–Crippen LogP) is 3.94. The van der Waals surface area contributed by atoms with Crippen LogP contribution in [0.5, 0.6) is 0 Å². The average molecular weight is 371 g/mol. The standard InChI is InChI=1S/C13H14Cl3NO3S/c1-8-4-2-3-5-17(8)13(18)10-6-9(14)7-11(12(10)15)21(16,19)20/h6-8H,2-5H2,1H3. The molecule has 1 atom stereocenters. The van der Waals surface area contributed by atoms with E-state index in [1.807, 2.05) is 6.92 Å². The highest BCUT2D eigenvalue weighted by Gasteiger charge is 2.28. The van der Waals surface area contributed by atoms with Crippen LogP contribution in [0.4, 0.5) is 0 Å². The van der Waals surface area contributed by atoms with Crippen molar-refractivity contribution < 1.29 is 13.2 Å². The molecule has 0 aromatic heterocycles. The number of nitrogens with zero attached hydrogens (tertiary/aromatic N) is 1. The minimum atomic E-state index is -4.07. The van der Waals surface area contributed by atoms with Crippen LogP contribution < -0.4 is 0 Å². The first-order chi connectivity index (χ1) is 9.71. The van der Waals surface area contributed by atoms with E-state index in [0.717, 1.165) is 25.3 Å². The summed E-state index contributed by atoms with van der Waals surface area (Å²) < 4.78 is 23.0. The number of rotatable bonds is 2. The Morgan fingerprint density at radius 3 is 2.52 bits per heavy atom. The Kier molecular flexibility index (Phi) is 5.08. The van der Waals surface area contributed by atoms with Gasteiger partial charge in [-0.3, -0.25) is 4.79 Å². The lowest BCUT2D eigenvalue weighted by Crippen LogP contribution is -2.42. The normalized spacial score (nSPS) is 19.6. The number of halogens is 3. The summed E-state index contributed by atoms with van der Waals surface area (Å²) in [6, 6.07) is 2.60. The van der Waals surface area contributed by atoms with Gasteiger partial charge in [-0.05, 0) is 38.3 Å². The van der Waals surface area contributed by atoms with E-state index in [0.29, 0.717) is 6.54 Å². The summed E-state index contributed by atoms with van der Waals surface area (Å²) in [6.07, 6.45) is 2.88. The van der Waals surface area contributed by atoms with Gasteiger partial charge in [0.05, 0.1) is 10.6 Å². The highest BCUT2D eigenvalue weighted by Crippen LogP contribution is 2.33. The lowest BCUT2D eigenvalue weighted by Gasteiger charge is -2.33. The molecule has 0 bridgehead atoms. The summed E-state index contributed by atoms with van der Waals surface area (Å²) >= 11 is 12.0. The molecule has 1 aliphatic heterocycles. The maximum atomic E-state index is 12.6. The second-order valence-corrected chi connectivity index (χ2v) is 8.40. The van der Waals surface area contributed by atoms with Gasteiger partial charge in [0.15, 0.2) is 0 Å². The molecular formula is C13H14Cl3NO3S. The van der Waals surface area contributed by atoms with Gasteiger partial charge < -0.3 is 4.90 Å². The van der Waals surface area contributed by atoms with E-state index in [1.54, 1.807) is 4.90 Å². The number of hydrogen-bond acceptors (Lipinski definition) is 3. The van der Waals surface area contributed by atoms with Crippen molar-refractivity contribution in [3.05, 3.63) is 27.7 Å². The van der Waals surface area contributed by atoms with Gasteiger partial charge in [0, 0.05) is 28.3 Å². The number of benzene rings is 1. The summed E-state index contributed by atoms with van der Waals surface area (Å²) in [6.45, 7) is 2.57. The third kappa shape index (κ3) is 3.65. The molecule has 0 radical (unpaired) electrons. The van der Waals surface area contributed by atoms with Gasteiger partial charge in [0.25, 0.3) is 15.0 Å². The predicted molar refractivity (Wildman–Crippen MR) is 83.9 cm³/mol. The zero-order valence-electron chi connectivity index (χ0n) is 11.3. The van der Waals surface area contributed by atoms with Gasteiger partial charge in [-0.25, -0.2) is 8.42 Å². The van der Waals surface area contributed by atoms with Crippen molar-refractivity contribution in [1.29, 1.82) is 0 Å². The molecule has 4 nitrogen and oxygen atoms in total. The lowest BCUT2D eigenvalue weighted by atomic mass is 10.0. The van der Waals surface area contributed by atoms with E-state index in [2.05, 4.69) is 0 Å². The third-order valence-corrected chi connectivity index (χ3v) is 5.64. The van der Waals surface area contributed by atoms with Crippen molar-refractivity contribution in [2.75, 3.05) is 6.54 Å². The number of carbonyl (C=O) groups is 1. The van der Waals surface area contributed by atoms with E-state index in [1.165, 1.54) is 6.07 Å². The molecule has 1 unspecified atom stereocenters. The lowest BCUT2D eigenvalue weighted by molar-refractivity contribution is 0.0635. The van der Waals surface area contributed by atoms with Gasteiger partial charge >= 0.3 is 0 Å². The fourth-order valence-corrected chi connectivity index (χ4v) is 4.30. The Labute approximate surface area is 138 Å². The molecule has 1 fully saturated rings. The average Bonchev–Trinajstić information content (AvgIpc) is 2.39. The van der Waals surface area contributed by atoms with E-state index in [4.69, 9.17) is 33.9 Å². The fourth-order valence-electron chi connectivity index (χ4n) is 2.45. The molecule has 0 spiro atoms. The topological polar surface area (TPSA) is 54.5 Å². The van der Waals surface area contributed by atoms with Crippen LogP contribution in [-0.4, -0.2) is 31.8 Å². The quantitative estimate of drug-likeness (QED) is 0.741. The number of amides is 1. The Hall–Kier alpha value is -0.490. The van der Waals surface area contributed by atoms with E-state index >= 15 is 0 Å². The minimum Gasteiger partial charge on any atom is -0.336 e. The number of carbonyl (C=O) groups excluding carboxylic acids is 1. The maximum Gasteiger partial charge on any atom is 0.262 e. The van der Waals surface area contributed by atoms with Crippen LogP contribution in [0.3, 0.4) is 0 Å². The molecule has 0 N–H and O–H groups in total. The molecule has 2 rings (SSSR count). The van der Waals surface area contributed by atoms with Crippen molar-refractivity contribution >= 4 is 48.8 Å². The summed E-state index contributed by atoms with van der Waals surface area (Å²) in [5.74, 6) is -0.323. The van der Waals surface area contributed by atoms with Crippen LogP contribution in [0.1, 0.15) is 36.5 Å². The van der Waals surface area contributed by atoms with Crippen molar-refractivity contribution in [1.82, 2.24) is 4.90 Å². The first-order valence-electron chi connectivity index (χ1n) is 6.46. The first kappa shape index (κ1) is 16.9. The fraction of sp³-hybridized carbons (Fsp3) is 0.462. The van der Waals surface area contributed by atoms with Crippen molar-refractivity contribution in [2.45, 2.75) is 37.1 Å². The number of piperidine rings is 1. The minimum absolute atomic E-state index is 0.0668. The highest BCUT2D eigenvalue weighted by molar-refractivity contribution is 8.13. The van der Waals surface area contributed by atoms with Gasteiger partial charge in [0.1, 0.15) is 4.90 Å². The van der Waals surface area contributed by atoms with Crippen LogP contribution in [0.2, 0.25) is 10.0 Å². The second-order valence-electron chi connectivity index (χ2n) is 5.05. The molecular weight excluding hydrogens is 357 g/mol. The Morgan fingerprint density at radius 1 is 1.29 bits per heavy atom. The van der Waals surface area contributed by atoms with Gasteiger partial charge in [-0.1, -0.05) is 23.2 Å². The molecule has 0 saturated carbocycles. The van der Waals surface area contributed by atoms with Gasteiger partial charge in [-0.2, -0.15) is 0 Å². The van der Waals surface area contributed by atoms with Crippen LogP contribution >= 0.6 is 33.9 Å². The van der Waals surface area contributed by atoms with Gasteiger partial charge in [0.2, 0.25) is 0 Å². The van der Waals surface area contributed by atoms with E-state index < -0.39 is 9.05 Å². The summed E-state index contributed by atoms with van der Waals surface area (Å²) in [4.78, 5) is 14.0. The molecule has 1 saturated heterocycles. The first-order valence-corrected chi connectivity index (χ1v) is 9.53. The SMILES string of the molecule is CC1CCCCN1C(=O)c1cc(Cl)cc(S(=O)(=O)Cl)c1Cl. The van der Waals surface area contributed by atoms with Gasteiger partial charge in [-0.15, -0.1) is 0 Å². The zero-order chi connectivity index (χ0) is 15.8. The second kappa shape index (κ2) is 6.32. The Bertz CT molecular complexity index is 675. The van der Waals surface area contributed by atoms with E-state index in [-0.39, 0.29) is 32.5 Å². The van der Waals surface area contributed by atoms with Crippen molar-refractivity contribution in [3.63, 3.8) is 0 Å². The number of likely N-dealkylation sites (tertiary alicyclic amines) is 1. The largest absolute Gasteiger partial charge is 0.336 e. The van der Waals surface area contributed by atoms with Crippen LogP contribution in [0.15, 0.2) is 17.0 Å². The maximum absolute atomic E-state index is 12.6. The van der Waals surface area contributed by atoms with Crippen LogP contribution in [0.25, 0.3) is 0 Å². The summed E-state index contributed by atoms with van der Waals surface area (Å²) in [5.41, 5.74) is 0.0668. The molecule has 8 heteroatoms. The van der Waals surface area contributed by atoms with Crippen molar-refractivity contribution in [3.8, 4) is 0 Å². The molecule has 1 amide bonds. The molecule has 1 heterocycles. The molecule has 1 aromatic rings. The molecule has 116 valence electrons. The van der Waals surface area contributed by atoms with Crippen molar-refractivity contribution in [2.24, 2.45) is 0 Å². The van der Waals surface area contributed by atoms with E-state index in [9.17, 15) is 13.2 Å². The summed E-state index contributed by atoms with van der Waals surface area (Å²) in [7, 11) is 1.26. The third-order valence-electron chi connectivity index (χ3n) is 3.56. The smallest absolute Gasteiger partial charge is 0.262 e. The number of hydrogen-bond donors (Lipinski definition) is 0. The molecule has 21 heavy (non-hydrogen) atoms. The molecule has 1 aromatic carbocycles. The van der Waals surface area contributed by atoms with Crippen LogP contribution in [0, 0.1) is 0 Å². The Balaban J connectivity index is 2.49. The summed E-state index contributed by atoms with van der Waals surface area (Å²) in [5, 5.41) is -0.0798. The molecule has 1 aliphatic rings. The Morgan fingerprint density at radius 2 is 1.95 bits per heavy atom. The highest BCUT2D eigenvalue weighted by atomic mass is 35.7. The zero-order valence-corrected chi connectivity index (χ0v) is 14.4. The molecule has 0 aliphatic carbocycles. The van der Waals surface area contributed by atoms with Crippen LogP contribution in [-0.2, 0) is 9.05 Å². The monoisotopic (exact) mass is 369 g/mol.